The van der Waals surface area contributed by atoms with Crippen LogP contribution in [0.25, 0.3) is 0 Å². The zero-order valence-corrected chi connectivity index (χ0v) is 15.6. The molecule has 138 valence electrons. The van der Waals surface area contributed by atoms with Crippen molar-refractivity contribution in [2.24, 2.45) is 11.8 Å². The lowest BCUT2D eigenvalue weighted by Gasteiger charge is -2.33. The molecule has 0 unspecified atom stereocenters. The molecule has 2 N–H and O–H groups in total. The number of benzene rings is 1. The van der Waals surface area contributed by atoms with E-state index in [4.69, 9.17) is 4.74 Å². The highest BCUT2D eigenvalue weighted by atomic mass is 16.5. The third-order valence-electron chi connectivity index (χ3n) is 4.49. The number of methoxy groups -OCH3 is 1. The van der Waals surface area contributed by atoms with E-state index in [1.165, 1.54) is 0 Å². The molecule has 1 aromatic rings. The first-order valence-corrected chi connectivity index (χ1v) is 8.89. The van der Waals surface area contributed by atoms with Crippen LogP contribution in [0.5, 0.6) is 5.75 Å². The summed E-state index contributed by atoms with van der Waals surface area (Å²) in [5, 5.41) is 5.92. The Morgan fingerprint density at radius 2 is 2.12 bits per heavy atom. The Labute approximate surface area is 149 Å². The number of aryl methyl sites for hydroxylation is 1. The molecule has 1 aliphatic heterocycles. The fourth-order valence-corrected chi connectivity index (χ4v) is 2.98. The highest BCUT2D eigenvalue weighted by Gasteiger charge is 2.24. The maximum Gasteiger partial charge on any atom is 0.321 e. The van der Waals surface area contributed by atoms with E-state index < -0.39 is 0 Å². The Hall–Kier alpha value is -2.24. The van der Waals surface area contributed by atoms with Crippen molar-refractivity contribution < 1.29 is 14.3 Å². The first-order valence-electron chi connectivity index (χ1n) is 8.89. The topological polar surface area (TPSA) is 70.7 Å². The van der Waals surface area contributed by atoms with Crippen LogP contribution >= 0.6 is 0 Å². The monoisotopic (exact) mass is 347 g/mol. The zero-order valence-electron chi connectivity index (χ0n) is 15.6. The number of ether oxygens (including phenoxy) is 1. The fraction of sp³-hybridized carbons (Fsp3) is 0.579. The van der Waals surface area contributed by atoms with Gasteiger partial charge in [-0.25, -0.2) is 4.79 Å². The number of hydrogen-bond donors (Lipinski definition) is 2. The van der Waals surface area contributed by atoms with E-state index in [1.807, 2.05) is 43.9 Å². The first kappa shape index (κ1) is 19.1. The predicted molar refractivity (Wildman–Crippen MR) is 98.9 cm³/mol. The van der Waals surface area contributed by atoms with Crippen LogP contribution in [0.3, 0.4) is 0 Å². The molecule has 1 heterocycles. The second-order valence-electron chi connectivity index (χ2n) is 6.99. The number of hydrogen-bond acceptors (Lipinski definition) is 3. The number of anilines is 1. The van der Waals surface area contributed by atoms with Crippen LogP contribution in [0.4, 0.5) is 10.5 Å². The van der Waals surface area contributed by atoms with Gasteiger partial charge in [-0.3, -0.25) is 4.79 Å². The van der Waals surface area contributed by atoms with Crippen molar-refractivity contribution >= 4 is 17.6 Å². The molecule has 6 nitrogen and oxygen atoms in total. The Balaban J connectivity index is 1.93. The SMILES string of the molecule is COc1ccc(C)cc1NC(=O)N1CCC[C@H](CNC(=O)C(C)C)C1. The summed E-state index contributed by atoms with van der Waals surface area (Å²) >= 11 is 0. The molecule has 0 radical (unpaired) electrons. The number of carbonyl (C=O) groups excluding carboxylic acids is 2. The number of amides is 3. The van der Waals surface area contributed by atoms with Gasteiger partial charge in [0, 0.05) is 25.6 Å². The van der Waals surface area contributed by atoms with Gasteiger partial charge in [0.2, 0.25) is 5.91 Å². The molecule has 2 rings (SSSR count). The molecular weight excluding hydrogens is 318 g/mol. The zero-order chi connectivity index (χ0) is 18.4. The summed E-state index contributed by atoms with van der Waals surface area (Å²) < 4.78 is 5.32. The summed E-state index contributed by atoms with van der Waals surface area (Å²) in [7, 11) is 1.59. The molecule has 1 fully saturated rings. The van der Waals surface area contributed by atoms with Crippen LogP contribution in [0.15, 0.2) is 18.2 Å². The average Bonchev–Trinajstić information content (AvgIpc) is 2.60. The summed E-state index contributed by atoms with van der Waals surface area (Å²) in [6.45, 7) is 7.74. The molecular formula is C19H29N3O3. The minimum atomic E-state index is -0.121. The fourth-order valence-electron chi connectivity index (χ4n) is 2.98. The number of urea groups is 1. The van der Waals surface area contributed by atoms with E-state index >= 15 is 0 Å². The summed E-state index contributed by atoms with van der Waals surface area (Å²) in [5.41, 5.74) is 1.74. The van der Waals surface area contributed by atoms with Gasteiger partial charge in [0.25, 0.3) is 0 Å². The van der Waals surface area contributed by atoms with Gasteiger partial charge in [0.15, 0.2) is 0 Å². The molecule has 6 heteroatoms. The Kier molecular flexibility index (Phi) is 6.67. The van der Waals surface area contributed by atoms with Gasteiger partial charge in [-0.05, 0) is 43.4 Å². The lowest BCUT2D eigenvalue weighted by molar-refractivity contribution is -0.124. The van der Waals surface area contributed by atoms with Crippen molar-refractivity contribution in [3.05, 3.63) is 23.8 Å². The van der Waals surface area contributed by atoms with Gasteiger partial charge in [-0.1, -0.05) is 19.9 Å². The highest BCUT2D eigenvalue weighted by Crippen LogP contribution is 2.26. The van der Waals surface area contributed by atoms with Crippen LogP contribution < -0.4 is 15.4 Å². The quantitative estimate of drug-likeness (QED) is 0.860. The van der Waals surface area contributed by atoms with Crippen molar-refractivity contribution in [2.45, 2.75) is 33.6 Å². The molecule has 3 amide bonds. The van der Waals surface area contributed by atoms with E-state index in [0.29, 0.717) is 30.4 Å². The normalized spacial score (nSPS) is 17.3. The van der Waals surface area contributed by atoms with Crippen molar-refractivity contribution in [1.82, 2.24) is 10.2 Å². The standard InChI is InChI=1S/C19H29N3O3/c1-13(2)18(23)20-11-15-6-5-9-22(12-15)19(24)21-16-10-14(3)7-8-17(16)25-4/h7-8,10,13,15H,5-6,9,11-12H2,1-4H3,(H,20,23)(H,21,24)/t15-/m1/s1. The first-order chi connectivity index (χ1) is 11.9. The molecule has 1 saturated heterocycles. The predicted octanol–water partition coefficient (Wildman–Crippen LogP) is 3.02. The Bertz CT molecular complexity index is 616. The van der Waals surface area contributed by atoms with Gasteiger partial charge in [0.05, 0.1) is 12.8 Å². The maximum absolute atomic E-state index is 12.6. The van der Waals surface area contributed by atoms with Crippen LogP contribution in [-0.4, -0.2) is 43.6 Å². The minimum absolute atomic E-state index is 0.0169. The molecule has 1 aromatic carbocycles. The summed E-state index contributed by atoms with van der Waals surface area (Å²) in [6.07, 6.45) is 1.97. The molecule has 0 spiro atoms. The number of nitrogens with one attached hydrogen (secondary N) is 2. The third kappa shape index (κ3) is 5.37. The van der Waals surface area contributed by atoms with E-state index in [2.05, 4.69) is 10.6 Å². The van der Waals surface area contributed by atoms with Crippen molar-refractivity contribution in [1.29, 1.82) is 0 Å². The van der Waals surface area contributed by atoms with Crippen LogP contribution in [0.2, 0.25) is 0 Å². The van der Waals surface area contributed by atoms with E-state index in [1.54, 1.807) is 7.11 Å². The summed E-state index contributed by atoms with van der Waals surface area (Å²) in [6, 6.07) is 5.58. The molecule has 0 saturated carbocycles. The van der Waals surface area contributed by atoms with Gasteiger partial charge in [0.1, 0.15) is 5.75 Å². The van der Waals surface area contributed by atoms with Gasteiger partial charge in [-0.15, -0.1) is 0 Å². The Morgan fingerprint density at radius 1 is 1.36 bits per heavy atom. The molecule has 0 aliphatic carbocycles. The van der Waals surface area contributed by atoms with E-state index in [9.17, 15) is 9.59 Å². The van der Waals surface area contributed by atoms with Crippen LogP contribution in [0.1, 0.15) is 32.3 Å². The number of carbonyl (C=O) groups is 2. The van der Waals surface area contributed by atoms with Gasteiger partial charge in [-0.2, -0.15) is 0 Å². The Morgan fingerprint density at radius 3 is 2.80 bits per heavy atom. The number of nitrogens with zero attached hydrogens (tertiary/aromatic N) is 1. The molecule has 25 heavy (non-hydrogen) atoms. The lowest BCUT2D eigenvalue weighted by atomic mass is 9.98. The number of piperidine rings is 1. The lowest BCUT2D eigenvalue weighted by Crippen LogP contribution is -2.45. The second-order valence-corrected chi connectivity index (χ2v) is 6.99. The van der Waals surface area contributed by atoms with Gasteiger partial charge >= 0.3 is 6.03 Å². The maximum atomic E-state index is 12.6. The smallest absolute Gasteiger partial charge is 0.321 e. The molecule has 1 aliphatic rings. The van der Waals surface area contributed by atoms with Crippen LogP contribution in [-0.2, 0) is 4.79 Å². The van der Waals surface area contributed by atoms with Crippen molar-refractivity contribution in [3.8, 4) is 5.75 Å². The summed E-state index contributed by atoms with van der Waals surface area (Å²) in [5.74, 6) is 0.987. The molecule has 1 atom stereocenters. The van der Waals surface area contributed by atoms with Crippen molar-refractivity contribution in [2.75, 3.05) is 32.1 Å². The largest absolute Gasteiger partial charge is 0.495 e. The highest BCUT2D eigenvalue weighted by molar-refractivity contribution is 5.91. The van der Waals surface area contributed by atoms with Gasteiger partial charge < -0.3 is 20.3 Å². The van der Waals surface area contributed by atoms with E-state index in [-0.39, 0.29) is 17.9 Å². The summed E-state index contributed by atoms with van der Waals surface area (Å²) in [4.78, 5) is 26.2. The third-order valence-corrected chi connectivity index (χ3v) is 4.49. The second kappa shape index (κ2) is 8.74. The minimum Gasteiger partial charge on any atom is -0.495 e. The average molecular weight is 347 g/mol. The number of rotatable bonds is 5. The molecule has 0 aromatic heterocycles. The van der Waals surface area contributed by atoms with E-state index in [0.717, 1.165) is 24.9 Å². The molecule has 0 bridgehead atoms. The van der Waals surface area contributed by atoms with Crippen LogP contribution in [0, 0.1) is 18.8 Å². The van der Waals surface area contributed by atoms with Crippen molar-refractivity contribution in [3.63, 3.8) is 0 Å². The number of likely N-dealkylation sites (tertiary alicyclic amines) is 1.